The van der Waals surface area contributed by atoms with Gasteiger partial charge in [0.05, 0.1) is 6.04 Å². The molecule has 154 valence electrons. The van der Waals surface area contributed by atoms with Gasteiger partial charge in [-0.3, -0.25) is 14.8 Å². The molecule has 3 heterocycles. The second kappa shape index (κ2) is 11.0. The minimum Gasteiger partial charge on any atom is -0.354 e. The number of hydrogen-bond donors (Lipinski definition) is 2. The normalized spacial score (nSPS) is 25.6. The van der Waals surface area contributed by atoms with E-state index in [0.29, 0.717) is 24.0 Å². The first-order chi connectivity index (χ1) is 12.6. The Morgan fingerprint density at radius 3 is 2.56 bits per heavy atom. The van der Waals surface area contributed by atoms with Crippen LogP contribution in [0.3, 0.4) is 0 Å². The molecule has 7 heteroatoms. The maximum Gasteiger partial charge on any atom is 0.191 e. The van der Waals surface area contributed by atoms with Gasteiger partial charge in [-0.2, -0.15) is 0 Å². The molecule has 0 saturated carbocycles. The van der Waals surface area contributed by atoms with Crippen molar-refractivity contribution in [1.82, 2.24) is 20.4 Å². The van der Waals surface area contributed by atoms with Crippen LogP contribution in [0, 0.1) is 5.92 Å². The number of rotatable bonds is 6. The topological polar surface area (TPSA) is 42.9 Å². The van der Waals surface area contributed by atoms with E-state index in [2.05, 4.69) is 63.7 Å². The molecule has 1 aromatic rings. The largest absolute Gasteiger partial charge is 0.354 e. The molecule has 2 fully saturated rings. The van der Waals surface area contributed by atoms with Crippen molar-refractivity contribution in [2.24, 2.45) is 10.9 Å². The highest BCUT2D eigenvalue weighted by Gasteiger charge is 2.31. The molecule has 0 aliphatic carbocycles. The van der Waals surface area contributed by atoms with E-state index in [4.69, 9.17) is 0 Å². The third kappa shape index (κ3) is 6.05. The molecule has 0 amide bonds. The van der Waals surface area contributed by atoms with Gasteiger partial charge in [-0.05, 0) is 57.1 Å². The Morgan fingerprint density at radius 1 is 1.26 bits per heavy atom. The molecule has 0 bridgehead atoms. The van der Waals surface area contributed by atoms with E-state index in [1.54, 1.807) is 0 Å². The second-order valence-corrected chi connectivity index (χ2v) is 8.98. The summed E-state index contributed by atoms with van der Waals surface area (Å²) >= 11 is 1.87. The van der Waals surface area contributed by atoms with Crippen LogP contribution in [0.5, 0.6) is 0 Å². The standard InChI is InChI=1S/C20H35N5S.HI/c1-15(2)25-13-16(3)17(14-25)23-20(21-4)22-12-18(19-8-7-11-26-19)24-9-5-6-10-24;/h7-8,11,15-18H,5-6,9-10,12-14H2,1-4H3,(H2,21,22,23);1H. The molecule has 3 atom stereocenters. The summed E-state index contributed by atoms with van der Waals surface area (Å²) in [5.74, 6) is 1.58. The molecule has 3 unspecified atom stereocenters. The van der Waals surface area contributed by atoms with Crippen LogP contribution in [-0.2, 0) is 0 Å². The summed E-state index contributed by atoms with van der Waals surface area (Å²) in [4.78, 5) is 11.1. The first-order valence-electron chi connectivity index (χ1n) is 10.1. The summed E-state index contributed by atoms with van der Waals surface area (Å²) in [6, 6.07) is 5.96. The average molecular weight is 506 g/mol. The minimum absolute atomic E-state index is 0. The van der Waals surface area contributed by atoms with Crippen LogP contribution in [-0.4, -0.2) is 67.6 Å². The Morgan fingerprint density at radius 2 is 2.00 bits per heavy atom. The van der Waals surface area contributed by atoms with Crippen LogP contribution in [0.4, 0.5) is 0 Å². The summed E-state index contributed by atoms with van der Waals surface area (Å²) in [5.41, 5.74) is 0. The Hall–Kier alpha value is -0.380. The predicted molar refractivity (Wildman–Crippen MR) is 127 cm³/mol. The molecule has 2 N–H and O–H groups in total. The summed E-state index contributed by atoms with van der Waals surface area (Å²) in [6.07, 6.45) is 2.64. The van der Waals surface area contributed by atoms with Gasteiger partial charge in [0.2, 0.25) is 0 Å². The lowest BCUT2D eigenvalue weighted by molar-refractivity contribution is 0.248. The van der Waals surface area contributed by atoms with E-state index in [1.807, 2.05) is 18.4 Å². The fourth-order valence-corrected chi connectivity index (χ4v) is 4.98. The Balaban J connectivity index is 0.00000261. The molecule has 5 nitrogen and oxygen atoms in total. The van der Waals surface area contributed by atoms with Crippen LogP contribution in [0.15, 0.2) is 22.5 Å². The lowest BCUT2D eigenvalue weighted by Gasteiger charge is -2.28. The van der Waals surface area contributed by atoms with Gasteiger partial charge < -0.3 is 10.6 Å². The number of likely N-dealkylation sites (tertiary alicyclic amines) is 2. The zero-order valence-corrected chi connectivity index (χ0v) is 20.3. The van der Waals surface area contributed by atoms with Crippen LogP contribution < -0.4 is 10.6 Å². The van der Waals surface area contributed by atoms with Crippen molar-refractivity contribution in [3.63, 3.8) is 0 Å². The van der Waals surface area contributed by atoms with Gasteiger partial charge in [0.1, 0.15) is 0 Å². The van der Waals surface area contributed by atoms with Crippen molar-refractivity contribution in [3.05, 3.63) is 22.4 Å². The molecule has 0 aromatic carbocycles. The molecular weight excluding hydrogens is 469 g/mol. The number of nitrogens with one attached hydrogen (secondary N) is 2. The van der Waals surface area contributed by atoms with Crippen LogP contribution in [0.1, 0.15) is 44.5 Å². The van der Waals surface area contributed by atoms with Gasteiger partial charge in [-0.15, -0.1) is 35.3 Å². The highest BCUT2D eigenvalue weighted by atomic mass is 127. The van der Waals surface area contributed by atoms with Gasteiger partial charge in [-0.25, -0.2) is 0 Å². The first kappa shape index (κ1) is 22.9. The third-order valence-corrected chi connectivity index (χ3v) is 6.81. The summed E-state index contributed by atoms with van der Waals surface area (Å²) in [5, 5.41) is 9.47. The fraction of sp³-hybridized carbons (Fsp3) is 0.750. The fourth-order valence-electron chi connectivity index (χ4n) is 4.12. The van der Waals surface area contributed by atoms with Crippen LogP contribution in [0.25, 0.3) is 0 Å². The molecule has 1 aromatic heterocycles. The number of hydrogen-bond acceptors (Lipinski definition) is 4. The number of halogens is 1. The zero-order valence-electron chi connectivity index (χ0n) is 17.1. The van der Waals surface area contributed by atoms with Crippen molar-refractivity contribution in [1.29, 1.82) is 0 Å². The maximum absolute atomic E-state index is 4.50. The lowest BCUT2D eigenvalue weighted by Crippen LogP contribution is -2.48. The maximum atomic E-state index is 4.50. The molecular formula is C20H36IN5S. The summed E-state index contributed by atoms with van der Waals surface area (Å²) in [7, 11) is 1.88. The van der Waals surface area contributed by atoms with E-state index >= 15 is 0 Å². The van der Waals surface area contributed by atoms with Crippen molar-refractivity contribution < 1.29 is 0 Å². The number of aliphatic imine (C=N–C) groups is 1. The summed E-state index contributed by atoms with van der Waals surface area (Å²) in [6.45, 7) is 12.5. The number of guanidine groups is 1. The predicted octanol–water partition coefficient (Wildman–Crippen LogP) is 3.40. The van der Waals surface area contributed by atoms with Gasteiger partial charge in [-0.1, -0.05) is 13.0 Å². The third-order valence-electron chi connectivity index (χ3n) is 5.83. The zero-order chi connectivity index (χ0) is 18.5. The van der Waals surface area contributed by atoms with Crippen LogP contribution >= 0.6 is 35.3 Å². The average Bonchev–Trinajstić information content (AvgIpc) is 3.37. The van der Waals surface area contributed by atoms with E-state index < -0.39 is 0 Å². The quantitative estimate of drug-likeness (QED) is 0.354. The van der Waals surface area contributed by atoms with Gasteiger partial charge in [0.25, 0.3) is 0 Å². The Labute approximate surface area is 186 Å². The smallest absolute Gasteiger partial charge is 0.191 e. The lowest BCUT2D eigenvalue weighted by atomic mass is 10.1. The number of thiophene rings is 1. The number of nitrogens with zero attached hydrogens (tertiary/aromatic N) is 3. The molecule has 2 saturated heterocycles. The minimum atomic E-state index is 0. The SMILES string of the molecule is CN=C(NCC(c1cccs1)N1CCCC1)NC1CN(C(C)C)CC1C.I. The molecule has 2 aliphatic heterocycles. The van der Waals surface area contributed by atoms with Gasteiger partial charge >= 0.3 is 0 Å². The first-order valence-corrected chi connectivity index (χ1v) is 10.9. The molecule has 0 radical (unpaired) electrons. The highest BCUT2D eigenvalue weighted by Crippen LogP contribution is 2.27. The van der Waals surface area contributed by atoms with E-state index in [9.17, 15) is 0 Å². The molecule has 27 heavy (non-hydrogen) atoms. The molecule has 3 rings (SSSR count). The Kier molecular flexibility index (Phi) is 9.31. The van der Waals surface area contributed by atoms with Gasteiger partial charge in [0, 0.05) is 43.6 Å². The molecule has 2 aliphatic rings. The highest BCUT2D eigenvalue weighted by molar-refractivity contribution is 14.0. The van der Waals surface area contributed by atoms with Crippen molar-refractivity contribution in [2.75, 3.05) is 39.8 Å². The van der Waals surface area contributed by atoms with Gasteiger partial charge in [0.15, 0.2) is 5.96 Å². The van der Waals surface area contributed by atoms with E-state index in [-0.39, 0.29) is 24.0 Å². The van der Waals surface area contributed by atoms with Crippen molar-refractivity contribution in [2.45, 2.75) is 51.7 Å². The van der Waals surface area contributed by atoms with Crippen molar-refractivity contribution in [3.8, 4) is 0 Å². The Bertz CT molecular complexity index is 571. The summed E-state index contributed by atoms with van der Waals surface area (Å²) < 4.78 is 0. The molecule has 0 spiro atoms. The van der Waals surface area contributed by atoms with Crippen LogP contribution in [0.2, 0.25) is 0 Å². The monoisotopic (exact) mass is 505 g/mol. The van der Waals surface area contributed by atoms with E-state index in [1.165, 1.54) is 30.8 Å². The van der Waals surface area contributed by atoms with Crippen molar-refractivity contribution >= 4 is 41.3 Å². The van der Waals surface area contributed by atoms with E-state index in [0.717, 1.165) is 25.6 Å². The second-order valence-electron chi connectivity index (χ2n) is 8.00.